The minimum absolute atomic E-state index is 0.269. The molecule has 84 valence electrons. The molecule has 2 N–H and O–H groups in total. The van der Waals surface area contributed by atoms with Gasteiger partial charge in [-0.1, -0.05) is 15.9 Å². The molecule has 0 aliphatic rings. The molecule has 0 saturated heterocycles. The average molecular weight is 290 g/mol. The van der Waals surface area contributed by atoms with Gasteiger partial charge in [-0.3, -0.25) is 0 Å². The molecule has 0 radical (unpaired) electrons. The summed E-state index contributed by atoms with van der Waals surface area (Å²) in [6.45, 7) is 1.14. The number of hydrogen-bond donors (Lipinski definition) is 2. The monoisotopic (exact) mass is 289 g/mol. The van der Waals surface area contributed by atoms with E-state index in [0.717, 1.165) is 23.2 Å². The normalized spacial score (nSPS) is 10.6. The van der Waals surface area contributed by atoms with Crippen LogP contribution in [0.15, 0.2) is 27.6 Å². The molecule has 0 aromatic heterocycles. The Morgan fingerprint density at radius 3 is 2.93 bits per heavy atom. The molecule has 0 fully saturated rings. The minimum Gasteiger partial charge on any atom is -0.396 e. The Hall–Kier alpha value is -0.0300. The third-order valence-electron chi connectivity index (χ3n) is 1.95. The quantitative estimate of drug-likeness (QED) is 0.624. The number of hydrogen-bond acceptors (Lipinski definition) is 3. The molecule has 0 unspecified atom stereocenters. The van der Waals surface area contributed by atoms with Crippen molar-refractivity contribution < 1.29 is 5.11 Å². The lowest BCUT2D eigenvalue weighted by molar-refractivity contribution is 0.296. The summed E-state index contributed by atoms with van der Waals surface area (Å²) in [7, 11) is 1.95. The van der Waals surface area contributed by atoms with Gasteiger partial charge in [-0.25, -0.2) is 0 Å². The fourth-order valence-corrected chi connectivity index (χ4v) is 2.65. The lowest BCUT2D eigenvalue weighted by Crippen LogP contribution is -2.06. The van der Waals surface area contributed by atoms with Crippen LogP contribution in [0.1, 0.15) is 12.0 Å². The third-order valence-corrected chi connectivity index (χ3v) is 3.65. The molecule has 1 aromatic carbocycles. The lowest BCUT2D eigenvalue weighted by Gasteiger charge is -2.09. The van der Waals surface area contributed by atoms with Crippen LogP contribution in [0, 0.1) is 0 Å². The van der Waals surface area contributed by atoms with Gasteiger partial charge in [-0.15, -0.1) is 11.8 Å². The highest BCUT2D eigenvalue weighted by Gasteiger charge is 2.02. The van der Waals surface area contributed by atoms with Crippen LogP contribution >= 0.6 is 27.7 Å². The van der Waals surface area contributed by atoms with Crippen LogP contribution in [0.4, 0.5) is 0 Å². The van der Waals surface area contributed by atoms with Crippen LogP contribution in [-0.4, -0.2) is 24.5 Å². The number of benzene rings is 1. The first-order chi connectivity index (χ1) is 7.27. The molecular weight excluding hydrogens is 274 g/mol. The summed E-state index contributed by atoms with van der Waals surface area (Å²) < 4.78 is 1.11. The molecule has 15 heavy (non-hydrogen) atoms. The largest absolute Gasteiger partial charge is 0.396 e. The van der Waals surface area contributed by atoms with E-state index in [2.05, 4.69) is 39.4 Å². The van der Waals surface area contributed by atoms with Crippen molar-refractivity contribution >= 4 is 27.7 Å². The molecule has 0 heterocycles. The second-order valence-corrected chi connectivity index (χ2v) is 5.26. The number of thioether (sulfide) groups is 1. The van der Waals surface area contributed by atoms with E-state index >= 15 is 0 Å². The van der Waals surface area contributed by atoms with Crippen molar-refractivity contribution in [3.05, 3.63) is 28.2 Å². The fourth-order valence-electron chi connectivity index (χ4n) is 1.26. The van der Waals surface area contributed by atoms with Gasteiger partial charge in [0, 0.05) is 28.3 Å². The first kappa shape index (κ1) is 13.0. The summed E-state index contributed by atoms with van der Waals surface area (Å²) >= 11 is 5.27. The Labute approximate surface area is 104 Å². The Bertz CT molecular complexity index is 307. The van der Waals surface area contributed by atoms with Gasteiger partial charge in [-0.2, -0.15) is 0 Å². The lowest BCUT2D eigenvalue weighted by atomic mass is 10.2. The molecule has 0 spiro atoms. The molecular formula is C11H16BrNOS. The SMILES string of the molecule is CNCc1cc(Br)ccc1SCCCO. The van der Waals surface area contributed by atoms with E-state index in [0.29, 0.717) is 0 Å². The van der Waals surface area contributed by atoms with E-state index in [4.69, 9.17) is 5.11 Å². The summed E-state index contributed by atoms with van der Waals surface area (Å²) in [5.41, 5.74) is 1.30. The second kappa shape index (κ2) is 7.28. The Morgan fingerprint density at radius 2 is 2.27 bits per heavy atom. The van der Waals surface area contributed by atoms with Crippen molar-refractivity contribution in [1.29, 1.82) is 0 Å². The van der Waals surface area contributed by atoms with Gasteiger partial charge in [0.25, 0.3) is 0 Å². The number of halogens is 1. The van der Waals surface area contributed by atoms with Crippen LogP contribution in [0.2, 0.25) is 0 Å². The predicted molar refractivity (Wildman–Crippen MR) is 69.3 cm³/mol. The Morgan fingerprint density at radius 1 is 1.47 bits per heavy atom. The highest BCUT2D eigenvalue weighted by Crippen LogP contribution is 2.26. The molecule has 0 bridgehead atoms. The summed E-state index contributed by atoms with van der Waals surface area (Å²) in [5.74, 6) is 0.967. The van der Waals surface area contributed by atoms with E-state index in [9.17, 15) is 0 Å². The van der Waals surface area contributed by atoms with Crippen molar-refractivity contribution in [2.24, 2.45) is 0 Å². The first-order valence-electron chi connectivity index (χ1n) is 4.94. The van der Waals surface area contributed by atoms with Crippen molar-refractivity contribution in [2.75, 3.05) is 19.4 Å². The van der Waals surface area contributed by atoms with Crippen molar-refractivity contribution in [2.45, 2.75) is 17.9 Å². The van der Waals surface area contributed by atoms with Crippen LogP contribution in [0.3, 0.4) is 0 Å². The smallest absolute Gasteiger partial charge is 0.0439 e. The number of rotatable bonds is 6. The summed E-state index contributed by atoms with van der Waals surface area (Å²) in [6, 6.07) is 6.32. The summed E-state index contributed by atoms with van der Waals surface area (Å²) in [6.07, 6.45) is 0.847. The van der Waals surface area contributed by atoms with Gasteiger partial charge in [-0.05, 0) is 37.2 Å². The Kier molecular flexibility index (Phi) is 6.32. The maximum Gasteiger partial charge on any atom is 0.0439 e. The van der Waals surface area contributed by atoms with Gasteiger partial charge in [0.1, 0.15) is 0 Å². The molecule has 0 saturated carbocycles. The molecule has 0 atom stereocenters. The fraction of sp³-hybridized carbons (Fsp3) is 0.455. The third kappa shape index (κ3) is 4.55. The standard InChI is InChI=1S/C11H16BrNOS/c1-13-8-9-7-10(12)3-4-11(9)15-6-2-5-14/h3-4,7,13-14H,2,5-6,8H2,1H3. The van der Waals surface area contributed by atoms with E-state index in [-0.39, 0.29) is 6.61 Å². The van der Waals surface area contributed by atoms with E-state index < -0.39 is 0 Å². The molecule has 4 heteroatoms. The van der Waals surface area contributed by atoms with E-state index in [1.165, 1.54) is 10.5 Å². The van der Waals surface area contributed by atoms with Crippen LogP contribution in [0.5, 0.6) is 0 Å². The zero-order valence-corrected chi connectivity index (χ0v) is 11.2. The van der Waals surface area contributed by atoms with Crippen LogP contribution in [-0.2, 0) is 6.54 Å². The minimum atomic E-state index is 0.269. The van der Waals surface area contributed by atoms with Crippen molar-refractivity contribution in [1.82, 2.24) is 5.32 Å². The van der Waals surface area contributed by atoms with Crippen molar-refractivity contribution in [3.63, 3.8) is 0 Å². The maximum atomic E-state index is 8.73. The average Bonchev–Trinajstić information content (AvgIpc) is 2.22. The van der Waals surface area contributed by atoms with Gasteiger partial charge >= 0.3 is 0 Å². The van der Waals surface area contributed by atoms with Gasteiger partial charge < -0.3 is 10.4 Å². The number of aliphatic hydroxyl groups excluding tert-OH is 1. The maximum absolute atomic E-state index is 8.73. The molecule has 0 aliphatic carbocycles. The molecule has 2 nitrogen and oxygen atoms in total. The van der Waals surface area contributed by atoms with Gasteiger partial charge in [0.15, 0.2) is 0 Å². The van der Waals surface area contributed by atoms with Crippen LogP contribution < -0.4 is 5.32 Å². The topological polar surface area (TPSA) is 32.3 Å². The zero-order valence-electron chi connectivity index (χ0n) is 8.79. The number of aliphatic hydroxyl groups is 1. The highest BCUT2D eigenvalue weighted by molar-refractivity contribution is 9.10. The first-order valence-corrected chi connectivity index (χ1v) is 6.72. The van der Waals surface area contributed by atoms with Crippen molar-refractivity contribution in [3.8, 4) is 0 Å². The highest BCUT2D eigenvalue weighted by atomic mass is 79.9. The molecule has 1 aromatic rings. The molecule has 0 aliphatic heterocycles. The summed E-state index contributed by atoms with van der Waals surface area (Å²) in [4.78, 5) is 1.29. The van der Waals surface area contributed by atoms with E-state index in [1.54, 1.807) is 11.8 Å². The van der Waals surface area contributed by atoms with Gasteiger partial charge in [0.05, 0.1) is 0 Å². The summed E-state index contributed by atoms with van der Waals surface area (Å²) in [5, 5.41) is 11.9. The second-order valence-electron chi connectivity index (χ2n) is 3.21. The Balaban J connectivity index is 2.67. The zero-order chi connectivity index (χ0) is 11.1. The predicted octanol–water partition coefficient (Wildman–Crippen LogP) is 2.64. The van der Waals surface area contributed by atoms with Crippen LogP contribution in [0.25, 0.3) is 0 Å². The number of nitrogens with one attached hydrogen (secondary N) is 1. The van der Waals surface area contributed by atoms with Gasteiger partial charge in [0.2, 0.25) is 0 Å². The molecule has 1 rings (SSSR count). The van der Waals surface area contributed by atoms with E-state index in [1.807, 2.05) is 7.05 Å². The molecule has 0 amide bonds.